The summed E-state index contributed by atoms with van der Waals surface area (Å²) < 4.78 is 0.898. The molecule has 0 bridgehead atoms. The Balaban J connectivity index is 3.01. The van der Waals surface area contributed by atoms with Gasteiger partial charge in [0, 0.05) is 25.6 Å². The molecule has 1 rings (SSSR count). The number of anilines is 2. The maximum Gasteiger partial charge on any atom is 0.323 e. The normalized spacial score (nSPS) is 9.87. The van der Waals surface area contributed by atoms with Crippen LogP contribution in [0.1, 0.15) is 0 Å². The van der Waals surface area contributed by atoms with Gasteiger partial charge in [-0.3, -0.25) is 4.90 Å². The van der Waals surface area contributed by atoms with Crippen LogP contribution in [0.3, 0.4) is 0 Å². The van der Waals surface area contributed by atoms with E-state index in [0.29, 0.717) is 11.4 Å². The van der Waals surface area contributed by atoms with Gasteiger partial charge in [0.1, 0.15) is 0 Å². The fourth-order valence-corrected chi connectivity index (χ4v) is 1.61. The van der Waals surface area contributed by atoms with Crippen LogP contribution in [0, 0.1) is 0 Å². The Labute approximate surface area is 97.8 Å². The Kier molecular flexibility index (Phi) is 3.57. The maximum atomic E-state index is 11.7. The van der Waals surface area contributed by atoms with Crippen LogP contribution in [-0.4, -0.2) is 32.1 Å². The molecule has 5 heteroatoms. The van der Waals surface area contributed by atoms with Gasteiger partial charge in [-0.15, -0.1) is 0 Å². The molecule has 0 aliphatic heterocycles. The summed E-state index contributed by atoms with van der Waals surface area (Å²) in [4.78, 5) is 14.7. The molecule has 2 N–H and O–H groups in total. The molecule has 0 aliphatic rings. The lowest BCUT2D eigenvalue weighted by atomic mass is 10.2. The van der Waals surface area contributed by atoms with Gasteiger partial charge in [0.05, 0.1) is 11.4 Å². The minimum absolute atomic E-state index is 0.107. The zero-order valence-corrected chi connectivity index (χ0v) is 10.6. The van der Waals surface area contributed by atoms with Gasteiger partial charge in [0.2, 0.25) is 0 Å². The first-order valence-corrected chi connectivity index (χ1v) is 5.23. The molecule has 0 saturated carbocycles. The molecule has 2 amide bonds. The van der Waals surface area contributed by atoms with Gasteiger partial charge in [0.25, 0.3) is 0 Å². The molecule has 1 aromatic carbocycles. The predicted octanol–water partition coefficient (Wildman–Crippen LogP) is 2.15. The van der Waals surface area contributed by atoms with Crippen molar-refractivity contribution in [2.45, 2.75) is 0 Å². The molecule has 0 fully saturated rings. The number of nitrogens with two attached hydrogens (primary N) is 1. The van der Waals surface area contributed by atoms with E-state index >= 15 is 0 Å². The predicted molar refractivity (Wildman–Crippen MR) is 66.0 cm³/mol. The van der Waals surface area contributed by atoms with Crippen LogP contribution >= 0.6 is 15.9 Å². The van der Waals surface area contributed by atoms with Crippen molar-refractivity contribution in [2.24, 2.45) is 0 Å². The summed E-state index contributed by atoms with van der Waals surface area (Å²) in [6.07, 6.45) is 0. The minimum Gasteiger partial charge on any atom is -0.397 e. The highest BCUT2D eigenvalue weighted by molar-refractivity contribution is 9.10. The second-order valence-electron chi connectivity index (χ2n) is 3.44. The number of rotatable bonds is 1. The van der Waals surface area contributed by atoms with Crippen LogP contribution in [0.25, 0.3) is 0 Å². The van der Waals surface area contributed by atoms with E-state index in [1.807, 2.05) is 6.07 Å². The number of amides is 2. The first-order chi connectivity index (χ1) is 6.93. The number of urea groups is 1. The molecule has 0 unspecified atom stereocenters. The highest BCUT2D eigenvalue weighted by atomic mass is 79.9. The average Bonchev–Trinajstić information content (AvgIpc) is 2.15. The lowest BCUT2D eigenvalue weighted by Crippen LogP contribution is -2.36. The van der Waals surface area contributed by atoms with Gasteiger partial charge in [0.15, 0.2) is 0 Å². The van der Waals surface area contributed by atoms with Gasteiger partial charge < -0.3 is 10.6 Å². The smallest absolute Gasteiger partial charge is 0.323 e. The second kappa shape index (κ2) is 4.53. The molecular weight excluding hydrogens is 258 g/mol. The number of nitrogens with zero attached hydrogens (tertiary/aromatic N) is 2. The van der Waals surface area contributed by atoms with Gasteiger partial charge in [-0.2, -0.15) is 0 Å². The van der Waals surface area contributed by atoms with E-state index in [4.69, 9.17) is 5.73 Å². The molecule has 0 heterocycles. The number of carbonyl (C=O) groups is 1. The summed E-state index contributed by atoms with van der Waals surface area (Å²) in [5.41, 5.74) is 7.09. The molecule has 0 saturated heterocycles. The molecule has 4 nitrogen and oxygen atoms in total. The lowest BCUT2D eigenvalue weighted by molar-refractivity contribution is 0.225. The first kappa shape index (κ1) is 11.8. The maximum absolute atomic E-state index is 11.7. The van der Waals surface area contributed by atoms with Crippen LogP contribution in [0.4, 0.5) is 16.2 Å². The van der Waals surface area contributed by atoms with Crippen molar-refractivity contribution in [3.05, 3.63) is 22.7 Å². The number of carbonyl (C=O) groups excluding carboxylic acids is 1. The van der Waals surface area contributed by atoms with Crippen LogP contribution in [-0.2, 0) is 0 Å². The molecule has 0 aromatic heterocycles. The Morgan fingerprint density at radius 2 is 1.93 bits per heavy atom. The van der Waals surface area contributed by atoms with Crippen molar-refractivity contribution in [3.8, 4) is 0 Å². The van der Waals surface area contributed by atoms with Crippen molar-refractivity contribution in [1.82, 2.24) is 4.90 Å². The van der Waals surface area contributed by atoms with E-state index in [2.05, 4.69) is 15.9 Å². The Hall–Kier alpha value is -1.23. The first-order valence-electron chi connectivity index (χ1n) is 4.43. The summed E-state index contributed by atoms with van der Waals surface area (Å²) in [5.74, 6) is 0. The van der Waals surface area contributed by atoms with Crippen molar-refractivity contribution in [3.63, 3.8) is 0 Å². The van der Waals surface area contributed by atoms with E-state index < -0.39 is 0 Å². The summed E-state index contributed by atoms with van der Waals surface area (Å²) in [7, 11) is 5.10. The third-order valence-electron chi connectivity index (χ3n) is 2.02. The fraction of sp³-hybridized carbons (Fsp3) is 0.300. The standard InChI is InChI=1S/C10H14BrN3O/c1-13(2)10(15)14(3)9-5-4-7(11)6-8(9)12/h4-6H,12H2,1-3H3. The Bertz CT molecular complexity index is 379. The highest BCUT2D eigenvalue weighted by Gasteiger charge is 2.14. The number of hydrogen-bond donors (Lipinski definition) is 1. The largest absolute Gasteiger partial charge is 0.397 e. The zero-order chi connectivity index (χ0) is 11.6. The van der Waals surface area contributed by atoms with Gasteiger partial charge in [-0.25, -0.2) is 4.79 Å². The summed E-state index contributed by atoms with van der Waals surface area (Å²) >= 11 is 3.32. The molecule has 0 atom stereocenters. The van der Waals surface area contributed by atoms with E-state index in [-0.39, 0.29) is 6.03 Å². The van der Waals surface area contributed by atoms with Crippen LogP contribution in [0.2, 0.25) is 0 Å². The molecular formula is C10H14BrN3O. The van der Waals surface area contributed by atoms with Crippen molar-refractivity contribution < 1.29 is 4.79 Å². The second-order valence-corrected chi connectivity index (χ2v) is 4.35. The SMILES string of the molecule is CN(C)C(=O)N(C)c1ccc(Br)cc1N. The van der Waals surface area contributed by atoms with Gasteiger partial charge in [-0.05, 0) is 18.2 Å². The van der Waals surface area contributed by atoms with Crippen LogP contribution in [0.15, 0.2) is 22.7 Å². The molecule has 82 valence electrons. The Morgan fingerprint density at radius 1 is 1.33 bits per heavy atom. The Morgan fingerprint density at radius 3 is 2.40 bits per heavy atom. The van der Waals surface area contributed by atoms with E-state index in [0.717, 1.165) is 4.47 Å². The molecule has 0 radical (unpaired) electrons. The summed E-state index contributed by atoms with van der Waals surface area (Å²) in [6.45, 7) is 0. The number of nitrogen functional groups attached to an aromatic ring is 1. The van der Waals surface area contributed by atoms with Crippen molar-refractivity contribution in [1.29, 1.82) is 0 Å². The average molecular weight is 272 g/mol. The third kappa shape index (κ3) is 2.62. The third-order valence-corrected chi connectivity index (χ3v) is 2.51. The van der Waals surface area contributed by atoms with Crippen LogP contribution < -0.4 is 10.6 Å². The van der Waals surface area contributed by atoms with E-state index in [9.17, 15) is 4.79 Å². The lowest BCUT2D eigenvalue weighted by Gasteiger charge is -2.23. The summed E-state index contributed by atoms with van der Waals surface area (Å²) in [5, 5.41) is 0. The van der Waals surface area contributed by atoms with Crippen molar-refractivity contribution >= 4 is 33.3 Å². The topological polar surface area (TPSA) is 49.6 Å². The number of hydrogen-bond acceptors (Lipinski definition) is 2. The minimum atomic E-state index is -0.107. The van der Waals surface area contributed by atoms with E-state index in [1.54, 1.807) is 33.3 Å². The number of halogens is 1. The van der Waals surface area contributed by atoms with E-state index in [1.165, 1.54) is 9.80 Å². The number of benzene rings is 1. The van der Waals surface area contributed by atoms with Gasteiger partial charge >= 0.3 is 6.03 Å². The molecule has 0 aliphatic carbocycles. The summed E-state index contributed by atoms with van der Waals surface area (Å²) in [6, 6.07) is 5.32. The van der Waals surface area contributed by atoms with Gasteiger partial charge in [-0.1, -0.05) is 15.9 Å². The highest BCUT2D eigenvalue weighted by Crippen LogP contribution is 2.26. The fourth-order valence-electron chi connectivity index (χ4n) is 1.23. The van der Waals surface area contributed by atoms with Crippen LogP contribution in [0.5, 0.6) is 0 Å². The van der Waals surface area contributed by atoms with Crippen molar-refractivity contribution in [2.75, 3.05) is 31.8 Å². The molecule has 0 spiro atoms. The monoisotopic (exact) mass is 271 g/mol. The quantitative estimate of drug-likeness (QED) is 0.796. The molecule has 15 heavy (non-hydrogen) atoms. The zero-order valence-electron chi connectivity index (χ0n) is 8.99. The molecule has 1 aromatic rings.